The average Bonchev–Trinajstić information content (AvgIpc) is 2.36. The predicted octanol–water partition coefficient (Wildman–Crippen LogP) is 0.548. The van der Waals surface area contributed by atoms with Crippen LogP contribution in [-0.2, 0) is 4.79 Å². The zero-order valence-electron chi connectivity index (χ0n) is 11.1. The second kappa shape index (κ2) is 6.09. The molecule has 3 N–H and O–H groups in total. The third-order valence-electron chi connectivity index (χ3n) is 2.52. The molecule has 0 unspecified atom stereocenters. The number of carboxylic acids is 2. The smallest absolute Gasteiger partial charge is 0.356 e. The van der Waals surface area contributed by atoms with Gasteiger partial charge in [0.05, 0.1) is 12.4 Å². The summed E-state index contributed by atoms with van der Waals surface area (Å²) in [6.07, 6.45) is 2.24. The number of carbonyl (C=O) groups excluding carboxylic acids is 1. The van der Waals surface area contributed by atoms with Crippen molar-refractivity contribution >= 4 is 17.8 Å². The average molecular weight is 281 g/mol. The van der Waals surface area contributed by atoms with Crippen molar-refractivity contribution < 1.29 is 24.6 Å². The van der Waals surface area contributed by atoms with Crippen LogP contribution in [-0.4, -0.2) is 43.6 Å². The van der Waals surface area contributed by atoms with Gasteiger partial charge in [-0.1, -0.05) is 0 Å². The van der Waals surface area contributed by atoms with Crippen molar-refractivity contribution in [2.24, 2.45) is 0 Å². The van der Waals surface area contributed by atoms with E-state index in [1.807, 2.05) is 0 Å². The number of carboxylic acid groups (broad SMARTS) is 2. The van der Waals surface area contributed by atoms with Crippen molar-refractivity contribution in [2.45, 2.75) is 32.2 Å². The predicted molar refractivity (Wildman–Crippen MR) is 67.4 cm³/mol. The fourth-order valence-corrected chi connectivity index (χ4v) is 1.41. The van der Waals surface area contributed by atoms with E-state index in [1.165, 1.54) is 0 Å². The van der Waals surface area contributed by atoms with Gasteiger partial charge in [0.15, 0.2) is 5.69 Å². The molecule has 0 atom stereocenters. The van der Waals surface area contributed by atoms with Gasteiger partial charge in [-0.3, -0.25) is 9.59 Å². The largest absolute Gasteiger partial charge is 0.481 e. The third-order valence-corrected chi connectivity index (χ3v) is 2.52. The van der Waals surface area contributed by atoms with Gasteiger partial charge >= 0.3 is 11.9 Å². The first-order valence-corrected chi connectivity index (χ1v) is 5.81. The van der Waals surface area contributed by atoms with E-state index in [9.17, 15) is 14.4 Å². The molecule has 0 aromatic carbocycles. The minimum absolute atomic E-state index is 0.0293. The monoisotopic (exact) mass is 281 g/mol. The maximum Gasteiger partial charge on any atom is 0.356 e. The van der Waals surface area contributed by atoms with Crippen LogP contribution in [0.3, 0.4) is 0 Å². The first-order chi connectivity index (χ1) is 9.21. The Morgan fingerprint density at radius 3 is 2.15 bits per heavy atom. The van der Waals surface area contributed by atoms with Gasteiger partial charge < -0.3 is 15.5 Å². The molecule has 0 aliphatic rings. The number of hydrogen-bond donors (Lipinski definition) is 3. The number of hydrogen-bond acceptors (Lipinski definition) is 5. The topological polar surface area (TPSA) is 129 Å². The Labute approximate surface area is 114 Å². The summed E-state index contributed by atoms with van der Waals surface area (Å²) < 4.78 is 0. The fourth-order valence-electron chi connectivity index (χ4n) is 1.41. The molecule has 0 aliphatic carbocycles. The van der Waals surface area contributed by atoms with E-state index >= 15 is 0 Å². The van der Waals surface area contributed by atoms with E-state index in [4.69, 9.17) is 10.2 Å². The molecule has 20 heavy (non-hydrogen) atoms. The van der Waals surface area contributed by atoms with Gasteiger partial charge in [-0.25, -0.2) is 14.8 Å². The molecule has 0 spiro atoms. The molecule has 0 saturated heterocycles. The Balaban J connectivity index is 2.70. The molecular weight excluding hydrogens is 266 g/mol. The van der Waals surface area contributed by atoms with Crippen LogP contribution >= 0.6 is 0 Å². The van der Waals surface area contributed by atoms with Gasteiger partial charge in [0.1, 0.15) is 5.69 Å². The summed E-state index contributed by atoms with van der Waals surface area (Å²) in [5.74, 6) is -2.71. The highest BCUT2D eigenvalue weighted by molar-refractivity contribution is 5.93. The van der Waals surface area contributed by atoms with Crippen LogP contribution in [0.15, 0.2) is 12.4 Å². The van der Waals surface area contributed by atoms with Crippen LogP contribution in [0, 0.1) is 0 Å². The van der Waals surface area contributed by atoms with Crippen LogP contribution < -0.4 is 5.32 Å². The van der Waals surface area contributed by atoms with Crippen LogP contribution in [0.1, 0.15) is 47.7 Å². The minimum Gasteiger partial charge on any atom is -0.481 e. The quantitative estimate of drug-likeness (QED) is 0.694. The number of carbonyl (C=O) groups is 3. The molecule has 0 bridgehead atoms. The van der Waals surface area contributed by atoms with Gasteiger partial charge in [-0.2, -0.15) is 0 Å². The molecule has 0 saturated carbocycles. The highest BCUT2D eigenvalue weighted by Gasteiger charge is 2.23. The molecule has 1 amide bonds. The molecule has 0 radical (unpaired) electrons. The Morgan fingerprint density at radius 1 is 1.15 bits per heavy atom. The molecule has 1 aromatic rings. The van der Waals surface area contributed by atoms with E-state index in [-0.39, 0.29) is 24.2 Å². The summed E-state index contributed by atoms with van der Waals surface area (Å²) in [5, 5.41) is 19.9. The summed E-state index contributed by atoms with van der Waals surface area (Å²) >= 11 is 0. The lowest BCUT2D eigenvalue weighted by molar-refractivity contribution is -0.137. The Bertz CT molecular complexity index is 524. The standard InChI is InChI=1S/C12H15N3O5/c1-12(2,4-3-9(16)17)15-10(18)7-5-14-8(6-13-7)11(19)20/h5-6H,3-4H2,1-2H3,(H,15,18)(H,16,17)(H,19,20). The summed E-state index contributed by atoms with van der Waals surface area (Å²) in [7, 11) is 0. The molecule has 8 heteroatoms. The van der Waals surface area contributed by atoms with Crippen molar-refractivity contribution in [1.82, 2.24) is 15.3 Å². The number of amides is 1. The van der Waals surface area contributed by atoms with Crippen molar-refractivity contribution in [1.29, 1.82) is 0 Å². The van der Waals surface area contributed by atoms with Gasteiger partial charge in [-0.05, 0) is 20.3 Å². The summed E-state index contributed by atoms with van der Waals surface area (Å²) in [6.45, 7) is 3.37. The Hall–Kier alpha value is -2.51. The molecule has 108 valence electrons. The number of rotatable bonds is 6. The second-order valence-electron chi connectivity index (χ2n) is 4.82. The normalized spacial score (nSPS) is 10.9. The maximum absolute atomic E-state index is 11.9. The SMILES string of the molecule is CC(C)(CCC(=O)O)NC(=O)c1cnc(C(=O)O)cn1. The van der Waals surface area contributed by atoms with E-state index in [1.54, 1.807) is 13.8 Å². The number of nitrogens with one attached hydrogen (secondary N) is 1. The van der Waals surface area contributed by atoms with Crippen LogP contribution in [0.25, 0.3) is 0 Å². The van der Waals surface area contributed by atoms with Crippen LogP contribution in [0.2, 0.25) is 0 Å². The number of aromatic carboxylic acids is 1. The second-order valence-corrected chi connectivity index (χ2v) is 4.82. The summed E-state index contributed by atoms with van der Waals surface area (Å²) in [4.78, 5) is 40.3. The first-order valence-electron chi connectivity index (χ1n) is 5.81. The van der Waals surface area contributed by atoms with E-state index in [0.29, 0.717) is 0 Å². The zero-order chi connectivity index (χ0) is 15.3. The fraction of sp³-hybridized carbons (Fsp3) is 0.417. The van der Waals surface area contributed by atoms with Gasteiger partial charge in [0.2, 0.25) is 0 Å². The molecule has 0 aliphatic heterocycles. The van der Waals surface area contributed by atoms with E-state index in [2.05, 4.69) is 15.3 Å². The van der Waals surface area contributed by atoms with Crippen LogP contribution in [0.4, 0.5) is 0 Å². The molecule has 1 rings (SSSR count). The Kier molecular flexibility index (Phi) is 4.73. The molecule has 0 fully saturated rings. The summed E-state index contributed by atoms with van der Waals surface area (Å²) in [6, 6.07) is 0. The van der Waals surface area contributed by atoms with Gasteiger partial charge in [0.25, 0.3) is 5.91 Å². The number of aliphatic carboxylic acids is 1. The summed E-state index contributed by atoms with van der Waals surface area (Å²) in [5.41, 5.74) is -1.01. The number of nitrogens with zero attached hydrogens (tertiary/aromatic N) is 2. The molecular formula is C12H15N3O5. The number of aromatic nitrogens is 2. The first kappa shape index (κ1) is 15.5. The lowest BCUT2D eigenvalue weighted by atomic mass is 9.98. The van der Waals surface area contributed by atoms with Crippen molar-refractivity contribution in [2.75, 3.05) is 0 Å². The van der Waals surface area contributed by atoms with Crippen molar-refractivity contribution in [3.8, 4) is 0 Å². The highest BCUT2D eigenvalue weighted by Crippen LogP contribution is 2.12. The molecule has 8 nitrogen and oxygen atoms in total. The third kappa shape index (κ3) is 4.63. The Morgan fingerprint density at radius 2 is 1.70 bits per heavy atom. The zero-order valence-corrected chi connectivity index (χ0v) is 11.1. The van der Waals surface area contributed by atoms with Crippen molar-refractivity contribution in [3.63, 3.8) is 0 Å². The molecule has 1 heterocycles. The lowest BCUT2D eigenvalue weighted by Crippen LogP contribution is -2.44. The van der Waals surface area contributed by atoms with Gasteiger partial charge in [0, 0.05) is 12.0 Å². The van der Waals surface area contributed by atoms with E-state index in [0.717, 1.165) is 12.4 Å². The van der Waals surface area contributed by atoms with Crippen LogP contribution in [0.5, 0.6) is 0 Å². The minimum atomic E-state index is -1.23. The van der Waals surface area contributed by atoms with Gasteiger partial charge in [-0.15, -0.1) is 0 Å². The van der Waals surface area contributed by atoms with E-state index < -0.39 is 23.4 Å². The maximum atomic E-state index is 11.9. The lowest BCUT2D eigenvalue weighted by Gasteiger charge is -2.25. The highest BCUT2D eigenvalue weighted by atomic mass is 16.4. The molecule has 1 aromatic heterocycles. The van der Waals surface area contributed by atoms with Crippen molar-refractivity contribution in [3.05, 3.63) is 23.8 Å².